The lowest BCUT2D eigenvalue weighted by Crippen LogP contribution is -2.45. The summed E-state index contributed by atoms with van der Waals surface area (Å²) in [6.45, 7) is 0. The van der Waals surface area contributed by atoms with Crippen LogP contribution < -0.4 is 4.74 Å². The summed E-state index contributed by atoms with van der Waals surface area (Å²) in [5.74, 6) is 1.51. The lowest BCUT2D eigenvalue weighted by atomic mass is 9.86. The molecule has 2 atom stereocenters. The Morgan fingerprint density at radius 3 is 2.60 bits per heavy atom. The highest BCUT2D eigenvalue weighted by molar-refractivity contribution is 6.30. The predicted molar refractivity (Wildman–Crippen MR) is 122 cm³/mol. The third kappa shape index (κ3) is 3.07. The van der Waals surface area contributed by atoms with Crippen molar-refractivity contribution < 1.29 is 4.74 Å². The van der Waals surface area contributed by atoms with Gasteiger partial charge in [0.05, 0.1) is 11.8 Å². The Morgan fingerprint density at radius 2 is 1.73 bits per heavy atom. The van der Waals surface area contributed by atoms with E-state index in [2.05, 4.69) is 53.5 Å². The Kier molecular flexibility index (Phi) is 4.45. The molecule has 3 aromatic rings. The number of hydrogen-bond acceptors (Lipinski definition) is 3. The van der Waals surface area contributed by atoms with E-state index in [1.165, 1.54) is 48.4 Å². The highest BCUT2D eigenvalue weighted by Gasteiger charge is 2.43. The zero-order valence-corrected chi connectivity index (χ0v) is 17.7. The van der Waals surface area contributed by atoms with E-state index in [4.69, 9.17) is 21.4 Å². The van der Waals surface area contributed by atoms with Crippen LogP contribution in [-0.2, 0) is 0 Å². The maximum Gasteiger partial charge on any atom is 0.190 e. The van der Waals surface area contributed by atoms with Crippen molar-refractivity contribution in [1.82, 2.24) is 5.01 Å². The lowest BCUT2D eigenvalue weighted by Gasteiger charge is -2.42. The van der Waals surface area contributed by atoms with Crippen molar-refractivity contribution in [3.63, 3.8) is 0 Å². The molecule has 0 saturated heterocycles. The second kappa shape index (κ2) is 7.31. The molecule has 0 spiro atoms. The van der Waals surface area contributed by atoms with Crippen molar-refractivity contribution in [2.24, 2.45) is 11.0 Å². The van der Waals surface area contributed by atoms with E-state index in [-0.39, 0.29) is 12.3 Å². The molecular weight excluding hydrogens is 392 g/mol. The van der Waals surface area contributed by atoms with Crippen LogP contribution in [0.3, 0.4) is 0 Å². The van der Waals surface area contributed by atoms with Crippen LogP contribution in [-0.4, -0.2) is 16.9 Å². The van der Waals surface area contributed by atoms with Crippen LogP contribution in [0.5, 0.6) is 5.75 Å². The molecule has 3 nitrogen and oxygen atoms in total. The van der Waals surface area contributed by atoms with Gasteiger partial charge in [-0.15, -0.1) is 0 Å². The zero-order chi connectivity index (χ0) is 20.1. The number of halogens is 1. The topological polar surface area (TPSA) is 24.8 Å². The quantitative estimate of drug-likeness (QED) is 0.451. The number of hydrogen-bond donors (Lipinski definition) is 0. The Morgan fingerprint density at radius 1 is 0.900 bits per heavy atom. The van der Waals surface area contributed by atoms with E-state index in [1.54, 1.807) is 0 Å². The van der Waals surface area contributed by atoms with Gasteiger partial charge in [-0.2, -0.15) is 5.10 Å². The van der Waals surface area contributed by atoms with Gasteiger partial charge in [-0.3, -0.25) is 0 Å². The number of rotatable bonds is 2. The van der Waals surface area contributed by atoms with E-state index < -0.39 is 0 Å². The fourth-order valence-corrected chi connectivity index (χ4v) is 5.54. The third-order valence-corrected chi connectivity index (χ3v) is 7.15. The van der Waals surface area contributed by atoms with E-state index in [0.29, 0.717) is 5.92 Å². The second-order valence-corrected chi connectivity index (χ2v) is 9.23. The molecule has 1 aliphatic carbocycles. The highest BCUT2D eigenvalue weighted by atomic mass is 35.5. The molecule has 1 saturated carbocycles. The summed E-state index contributed by atoms with van der Waals surface area (Å²) in [5, 5.41) is 10.7. The summed E-state index contributed by atoms with van der Waals surface area (Å²) in [6, 6.07) is 21.4. The number of ether oxygens (including phenoxy) is 1. The normalized spacial score (nSPS) is 23.6. The van der Waals surface area contributed by atoms with Gasteiger partial charge in [0, 0.05) is 22.9 Å². The molecule has 6 rings (SSSR count). The first-order valence-corrected chi connectivity index (χ1v) is 11.5. The number of nitrogens with zero attached hydrogens (tertiary/aromatic N) is 2. The maximum absolute atomic E-state index is 6.55. The molecule has 30 heavy (non-hydrogen) atoms. The van der Waals surface area contributed by atoms with Gasteiger partial charge in [0.15, 0.2) is 6.23 Å². The molecule has 0 N–H and O–H groups in total. The van der Waals surface area contributed by atoms with Gasteiger partial charge in [0.25, 0.3) is 0 Å². The minimum atomic E-state index is 0.0157. The molecule has 4 heteroatoms. The van der Waals surface area contributed by atoms with Crippen LogP contribution in [0.15, 0.2) is 65.8 Å². The monoisotopic (exact) mass is 416 g/mol. The van der Waals surface area contributed by atoms with Crippen molar-refractivity contribution in [2.75, 3.05) is 0 Å². The fraction of sp³-hybridized carbons (Fsp3) is 0.346. The number of hydrazone groups is 1. The molecule has 0 aromatic heterocycles. The van der Waals surface area contributed by atoms with Gasteiger partial charge >= 0.3 is 0 Å². The van der Waals surface area contributed by atoms with Crippen LogP contribution in [0.4, 0.5) is 0 Å². The van der Waals surface area contributed by atoms with Gasteiger partial charge in [-0.05, 0) is 53.4 Å². The van der Waals surface area contributed by atoms with Gasteiger partial charge < -0.3 is 4.74 Å². The first kappa shape index (κ1) is 18.3. The van der Waals surface area contributed by atoms with Crippen molar-refractivity contribution in [3.05, 3.63) is 76.8 Å². The molecule has 0 radical (unpaired) electrons. The van der Waals surface area contributed by atoms with Gasteiger partial charge in [0.2, 0.25) is 0 Å². The lowest BCUT2D eigenvalue weighted by molar-refractivity contribution is -0.0643. The summed E-state index contributed by atoms with van der Waals surface area (Å²) in [7, 11) is 0. The fourth-order valence-electron chi connectivity index (χ4n) is 5.36. The predicted octanol–water partition coefficient (Wildman–Crippen LogP) is 6.94. The number of benzene rings is 3. The van der Waals surface area contributed by atoms with Crippen LogP contribution in [0.25, 0.3) is 10.8 Å². The molecule has 3 aromatic carbocycles. The third-order valence-electron chi connectivity index (χ3n) is 6.92. The van der Waals surface area contributed by atoms with Crippen molar-refractivity contribution >= 4 is 28.1 Å². The van der Waals surface area contributed by atoms with Crippen molar-refractivity contribution in [2.45, 2.75) is 50.8 Å². The summed E-state index contributed by atoms with van der Waals surface area (Å²) in [4.78, 5) is 0. The van der Waals surface area contributed by atoms with Crippen LogP contribution >= 0.6 is 11.6 Å². The first-order chi connectivity index (χ1) is 14.8. The average molecular weight is 417 g/mol. The molecule has 2 heterocycles. The summed E-state index contributed by atoms with van der Waals surface area (Å²) < 4.78 is 6.55. The van der Waals surface area contributed by atoms with Crippen LogP contribution in [0, 0.1) is 5.92 Å². The Hall–Kier alpha value is -2.52. The molecule has 1 fully saturated rings. The van der Waals surface area contributed by atoms with Gasteiger partial charge in [-0.1, -0.05) is 67.3 Å². The van der Waals surface area contributed by atoms with E-state index in [9.17, 15) is 0 Å². The molecule has 0 bridgehead atoms. The van der Waals surface area contributed by atoms with E-state index in [1.807, 2.05) is 12.1 Å². The minimum absolute atomic E-state index is 0.0157. The van der Waals surface area contributed by atoms with E-state index >= 15 is 0 Å². The standard InChI is InChI=1S/C26H25ClN2O/c27-21-12-13-25-22(15-21)24-16-23(20-11-10-17-6-4-5-9-19(17)14-20)28-29(24)26(30-25)18-7-2-1-3-8-18/h4-6,9-15,18,24,26H,1-3,7-8,16H2/t24-,26-/m1/s1. The van der Waals surface area contributed by atoms with E-state index in [0.717, 1.165) is 28.5 Å². The van der Waals surface area contributed by atoms with Crippen LogP contribution in [0.1, 0.15) is 55.7 Å². The van der Waals surface area contributed by atoms with Crippen LogP contribution in [0.2, 0.25) is 5.02 Å². The molecule has 0 amide bonds. The SMILES string of the molecule is Clc1ccc2c(c1)[C@H]1CC(c3ccc4ccccc4c3)=NN1[C@@H](C1CCCCC1)O2. The summed E-state index contributed by atoms with van der Waals surface area (Å²) >= 11 is 6.36. The van der Waals surface area contributed by atoms with Crippen molar-refractivity contribution in [3.8, 4) is 5.75 Å². The zero-order valence-electron chi connectivity index (χ0n) is 16.9. The Labute approximate surface area is 182 Å². The van der Waals surface area contributed by atoms with Gasteiger partial charge in [0.1, 0.15) is 5.75 Å². The number of fused-ring (bicyclic) bond motifs is 4. The second-order valence-electron chi connectivity index (χ2n) is 8.80. The average Bonchev–Trinajstić information content (AvgIpc) is 3.25. The molecular formula is C26H25ClN2O. The Balaban J connectivity index is 1.41. The molecule has 3 aliphatic rings. The smallest absolute Gasteiger partial charge is 0.190 e. The first-order valence-electron chi connectivity index (χ1n) is 11.1. The molecule has 0 unspecified atom stereocenters. The minimum Gasteiger partial charge on any atom is -0.468 e. The van der Waals surface area contributed by atoms with Gasteiger partial charge in [-0.25, -0.2) is 5.01 Å². The maximum atomic E-state index is 6.55. The largest absolute Gasteiger partial charge is 0.468 e. The van der Waals surface area contributed by atoms with Crippen molar-refractivity contribution in [1.29, 1.82) is 0 Å². The summed E-state index contributed by atoms with van der Waals surface area (Å²) in [6.07, 6.45) is 7.26. The Bertz CT molecular complexity index is 1130. The molecule has 152 valence electrons. The highest BCUT2D eigenvalue weighted by Crippen LogP contribution is 2.47. The molecule has 2 aliphatic heterocycles. The summed E-state index contributed by atoms with van der Waals surface area (Å²) in [5.41, 5.74) is 3.51.